The molecule has 2 rings (SSSR count). The van der Waals surface area contributed by atoms with E-state index in [1.807, 2.05) is 12.1 Å². The van der Waals surface area contributed by atoms with Crippen molar-refractivity contribution in [3.63, 3.8) is 0 Å². The zero-order valence-electron chi connectivity index (χ0n) is 10.5. The van der Waals surface area contributed by atoms with Gasteiger partial charge in [-0.15, -0.1) is 0 Å². The van der Waals surface area contributed by atoms with Gasteiger partial charge in [0.05, 0.1) is 5.56 Å². The number of nitrogens with one attached hydrogen (secondary N) is 1. The largest absolute Gasteiger partial charge is 0.367 e. The van der Waals surface area contributed by atoms with Gasteiger partial charge in [-0.05, 0) is 30.4 Å². The van der Waals surface area contributed by atoms with E-state index in [2.05, 4.69) is 30.2 Å². The lowest BCUT2D eigenvalue weighted by molar-refractivity contribution is 0.253. The summed E-state index contributed by atoms with van der Waals surface area (Å²) < 4.78 is 0. The van der Waals surface area contributed by atoms with E-state index >= 15 is 0 Å². The lowest BCUT2D eigenvalue weighted by Crippen LogP contribution is -2.35. The molecule has 0 radical (unpaired) electrons. The maximum Gasteiger partial charge on any atom is 0.126 e. The third kappa shape index (κ3) is 2.76. The number of nitriles is 1. The summed E-state index contributed by atoms with van der Waals surface area (Å²) in [6.07, 6.45) is 5.46. The van der Waals surface area contributed by atoms with Crippen molar-refractivity contribution in [2.75, 3.05) is 5.32 Å². The van der Waals surface area contributed by atoms with Crippen LogP contribution >= 0.6 is 0 Å². The summed E-state index contributed by atoms with van der Waals surface area (Å²) in [6.45, 7) is 4.63. The molecule has 1 saturated carbocycles. The van der Waals surface area contributed by atoms with Crippen molar-refractivity contribution < 1.29 is 0 Å². The first-order valence-electron chi connectivity index (χ1n) is 6.33. The standard InChI is InChI=1S/C14H19N3/c1-10-4-3-5-13(11(10)2)17-14-7-6-12(8-15)9-16-14/h6-7,9-11,13H,3-5H2,1-2H3,(H,16,17). The van der Waals surface area contributed by atoms with Gasteiger partial charge in [-0.1, -0.05) is 26.7 Å². The molecular formula is C14H19N3. The zero-order valence-corrected chi connectivity index (χ0v) is 10.5. The van der Waals surface area contributed by atoms with Crippen LogP contribution in [0.5, 0.6) is 0 Å². The fourth-order valence-electron chi connectivity index (χ4n) is 2.52. The summed E-state index contributed by atoms with van der Waals surface area (Å²) >= 11 is 0. The smallest absolute Gasteiger partial charge is 0.126 e. The maximum atomic E-state index is 8.72. The summed E-state index contributed by atoms with van der Waals surface area (Å²) in [5, 5.41) is 12.2. The Morgan fingerprint density at radius 3 is 2.82 bits per heavy atom. The average molecular weight is 229 g/mol. The molecule has 0 spiro atoms. The Morgan fingerprint density at radius 2 is 2.18 bits per heavy atom. The first-order valence-corrected chi connectivity index (χ1v) is 6.33. The summed E-state index contributed by atoms with van der Waals surface area (Å²) in [7, 11) is 0. The Bertz CT molecular complexity index is 404. The molecule has 1 fully saturated rings. The van der Waals surface area contributed by atoms with E-state index in [0.29, 0.717) is 17.5 Å². The molecule has 0 amide bonds. The fraction of sp³-hybridized carbons (Fsp3) is 0.571. The van der Waals surface area contributed by atoms with Gasteiger partial charge >= 0.3 is 0 Å². The molecule has 1 aliphatic rings. The summed E-state index contributed by atoms with van der Waals surface area (Å²) in [4.78, 5) is 4.27. The van der Waals surface area contributed by atoms with Gasteiger partial charge in [-0.25, -0.2) is 4.98 Å². The number of nitrogens with zero attached hydrogens (tertiary/aromatic N) is 2. The van der Waals surface area contributed by atoms with Crippen LogP contribution < -0.4 is 5.32 Å². The summed E-state index contributed by atoms with van der Waals surface area (Å²) in [5.74, 6) is 2.34. The van der Waals surface area contributed by atoms with E-state index in [0.717, 1.165) is 11.7 Å². The third-order valence-electron chi connectivity index (χ3n) is 3.93. The van der Waals surface area contributed by atoms with Crippen LogP contribution in [0, 0.1) is 23.2 Å². The Labute approximate surface area is 103 Å². The van der Waals surface area contributed by atoms with E-state index in [1.165, 1.54) is 19.3 Å². The van der Waals surface area contributed by atoms with Crippen molar-refractivity contribution in [3.05, 3.63) is 23.9 Å². The number of aromatic nitrogens is 1. The van der Waals surface area contributed by atoms with E-state index in [-0.39, 0.29) is 0 Å². The van der Waals surface area contributed by atoms with Crippen LogP contribution in [0.3, 0.4) is 0 Å². The van der Waals surface area contributed by atoms with Crippen LogP contribution in [-0.4, -0.2) is 11.0 Å². The van der Waals surface area contributed by atoms with Crippen molar-refractivity contribution in [1.82, 2.24) is 4.98 Å². The van der Waals surface area contributed by atoms with Crippen LogP contribution in [0.1, 0.15) is 38.7 Å². The molecule has 17 heavy (non-hydrogen) atoms. The average Bonchev–Trinajstić information content (AvgIpc) is 2.36. The van der Waals surface area contributed by atoms with Gasteiger partial charge in [-0.3, -0.25) is 0 Å². The Morgan fingerprint density at radius 1 is 1.35 bits per heavy atom. The van der Waals surface area contributed by atoms with Crippen molar-refractivity contribution in [2.24, 2.45) is 11.8 Å². The highest BCUT2D eigenvalue weighted by Crippen LogP contribution is 2.31. The Kier molecular flexibility index (Phi) is 3.63. The summed E-state index contributed by atoms with van der Waals surface area (Å²) in [6, 6.07) is 6.30. The highest BCUT2D eigenvalue weighted by molar-refractivity contribution is 5.40. The first-order chi connectivity index (χ1) is 8.20. The fourth-order valence-corrected chi connectivity index (χ4v) is 2.52. The minimum Gasteiger partial charge on any atom is -0.367 e. The topological polar surface area (TPSA) is 48.7 Å². The molecule has 3 heteroatoms. The molecule has 3 atom stereocenters. The maximum absolute atomic E-state index is 8.72. The van der Waals surface area contributed by atoms with Crippen molar-refractivity contribution in [2.45, 2.75) is 39.2 Å². The predicted molar refractivity (Wildman–Crippen MR) is 68.5 cm³/mol. The molecule has 1 heterocycles. The monoisotopic (exact) mass is 229 g/mol. The van der Waals surface area contributed by atoms with E-state index in [4.69, 9.17) is 5.26 Å². The van der Waals surface area contributed by atoms with Gasteiger partial charge < -0.3 is 5.32 Å². The lowest BCUT2D eigenvalue weighted by Gasteiger charge is -2.34. The Balaban J connectivity index is 2.02. The van der Waals surface area contributed by atoms with Crippen molar-refractivity contribution >= 4 is 5.82 Å². The molecule has 0 aromatic carbocycles. The van der Waals surface area contributed by atoms with Gasteiger partial charge in [0, 0.05) is 12.2 Å². The van der Waals surface area contributed by atoms with Crippen LogP contribution in [0.15, 0.2) is 18.3 Å². The number of pyridine rings is 1. The molecule has 3 unspecified atom stereocenters. The molecule has 1 aromatic heterocycles. The quantitative estimate of drug-likeness (QED) is 0.847. The molecule has 0 saturated heterocycles. The zero-order chi connectivity index (χ0) is 12.3. The van der Waals surface area contributed by atoms with E-state index in [1.54, 1.807) is 6.20 Å². The second-order valence-electron chi connectivity index (χ2n) is 5.06. The van der Waals surface area contributed by atoms with Crippen LogP contribution in [-0.2, 0) is 0 Å². The van der Waals surface area contributed by atoms with Gasteiger partial charge in [0.25, 0.3) is 0 Å². The molecule has 1 aliphatic carbocycles. The molecule has 90 valence electrons. The van der Waals surface area contributed by atoms with Gasteiger partial charge in [-0.2, -0.15) is 5.26 Å². The first kappa shape index (κ1) is 11.9. The van der Waals surface area contributed by atoms with Crippen molar-refractivity contribution in [1.29, 1.82) is 5.26 Å². The number of rotatable bonds is 2. The number of hydrogen-bond donors (Lipinski definition) is 1. The van der Waals surface area contributed by atoms with Crippen LogP contribution in [0.2, 0.25) is 0 Å². The molecule has 1 N–H and O–H groups in total. The molecule has 1 aromatic rings. The molecule has 0 aliphatic heterocycles. The van der Waals surface area contributed by atoms with Gasteiger partial charge in [0.1, 0.15) is 11.9 Å². The molecule has 0 bridgehead atoms. The Hall–Kier alpha value is -1.56. The highest BCUT2D eigenvalue weighted by Gasteiger charge is 2.26. The normalized spacial score (nSPS) is 28.4. The van der Waals surface area contributed by atoms with Crippen molar-refractivity contribution in [3.8, 4) is 6.07 Å². The molecule has 3 nitrogen and oxygen atoms in total. The number of anilines is 1. The number of hydrogen-bond acceptors (Lipinski definition) is 3. The second-order valence-corrected chi connectivity index (χ2v) is 5.06. The SMILES string of the molecule is CC1CCCC(Nc2ccc(C#N)cn2)C1C. The van der Waals surface area contributed by atoms with Gasteiger partial charge in [0.2, 0.25) is 0 Å². The minimum absolute atomic E-state index is 0.513. The van der Waals surface area contributed by atoms with E-state index in [9.17, 15) is 0 Å². The minimum atomic E-state index is 0.513. The lowest BCUT2D eigenvalue weighted by atomic mass is 9.78. The highest BCUT2D eigenvalue weighted by atomic mass is 15.0. The van der Waals surface area contributed by atoms with Gasteiger partial charge in [0.15, 0.2) is 0 Å². The van der Waals surface area contributed by atoms with E-state index < -0.39 is 0 Å². The second kappa shape index (κ2) is 5.18. The third-order valence-corrected chi connectivity index (χ3v) is 3.93. The molecular weight excluding hydrogens is 210 g/mol. The van der Waals surface area contributed by atoms with Crippen LogP contribution in [0.4, 0.5) is 5.82 Å². The predicted octanol–water partition coefficient (Wildman–Crippen LogP) is 3.19. The summed E-state index contributed by atoms with van der Waals surface area (Å²) in [5.41, 5.74) is 0.612. The van der Waals surface area contributed by atoms with Crippen LogP contribution in [0.25, 0.3) is 0 Å².